The molecule has 2 heterocycles. The minimum atomic E-state index is -1.05. The summed E-state index contributed by atoms with van der Waals surface area (Å²) in [5.41, 5.74) is 2.16. The summed E-state index contributed by atoms with van der Waals surface area (Å²) in [6.07, 6.45) is 0.857. The lowest BCUT2D eigenvalue weighted by atomic mass is 9.95. The third kappa shape index (κ3) is 6.33. The first-order chi connectivity index (χ1) is 20.1. The van der Waals surface area contributed by atoms with E-state index in [0.29, 0.717) is 47.5 Å². The van der Waals surface area contributed by atoms with Crippen molar-refractivity contribution in [2.24, 2.45) is 5.92 Å². The highest BCUT2D eigenvalue weighted by molar-refractivity contribution is 7.17. The van der Waals surface area contributed by atoms with Crippen molar-refractivity contribution in [3.63, 3.8) is 0 Å². The number of amides is 1. The highest BCUT2D eigenvalue weighted by atomic mass is 32.1. The van der Waals surface area contributed by atoms with Crippen LogP contribution in [0, 0.1) is 19.8 Å². The molecule has 1 aliphatic rings. The molecule has 0 radical (unpaired) electrons. The average molecular weight is 593 g/mol. The number of aromatic nitrogens is 1. The van der Waals surface area contributed by atoms with Gasteiger partial charge in [-0.25, -0.2) is 9.78 Å². The number of anilines is 1. The normalized spacial score (nSPS) is 16.3. The minimum Gasteiger partial charge on any atom is -0.507 e. The summed E-state index contributed by atoms with van der Waals surface area (Å²) in [4.78, 5) is 45.7. The van der Waals surface area contributed by atoms with E-state index >= 15 is 0 Å². The Morgan fingerprint density at radius 3 is 2.38 bits per heavy atom. The molecule has 222 valence electrons. The number of Topliss-reactive ketones (excluding diaryl/α,β-unsaturated/α-hetero) is 1. The Labute approximate surface area is 249 Å². The van der Waals surface area contributed by atoms with Gasteiger partial charge in [0.15, 0.2) is 16.6 Å². The smallest absolute Gasteiger partial charge is 0.350 e. The maximum atomic E-state index is 13.6. The number of ketones is 1. The number of hydrogen-bond acceptors (Lipinski definition) is 9. The largest absolute Gasteiger partial charge is 0.507 e. The molecule has 9 nitrogen and oxygen atoms in total. The Balaban J connectivity index is 1.89. The summed E-state index contributed by atoms with van der Waals surface area (Å²) in [7, 11) is 0. The molecule has 1 unspecified atom stereocenters. The van der Waals surface area contributed by atoms with E-state index in [1.807, 2.05) is 26.0 Å². The number of aliphatic hydroxyl groups excluding tert-OH is 1. The molecule has 1 N–H and O–H groups in total. The third-order valence-corrected chi connectivity index (χ3v) is 7.89. The molecule has 1 atom stereocenters. The first-order valence-corrected chi connectivity index (χ1v) is 14.8. The van der Waals surface area contributed by atoms with Crippen LogP contribution in [0.2, 0.25) is 0 Å². The second-order valence-electron chi connectivity index (χ2n) is 10.3. The van der Waals surface area contributed by atoms with Gasteiger partial charge in [-0.2, -0.15) is 0 Å². The first-order valence-electron chi connectivity index (χ1n) is 14.0. The Hall–Kier alpha value is -4.18. The second-order valence-corrected chi connectivity index (χ2v) is 11.3. The number of ether oxygens (including phenoxy) is 3. The molecule has 0 saturated carbocycles. The monoisotopic (exact) mass is 592 g/mol. The fourth-order valence-corrected chi connectivity index (χ4v) is 5.56. The molecule has 0 aliphatic carbocycles. The summed E-state index contributed by atoms with van der Waals surface area (Å²) in [5.74, 6) is -1.16. The number of hydrogen-bond donors (Lipinski definition) is 1. The van der Waals surface area contributed by atoms with Crippen LogP contribution in [0.4, 0.5) is 5.13 Å². The van der Waals surface area contributed by atoms with E-state index < -0.39 is 23.7 Å². The van der Waals surface area contributed by atoms with Crippen LogP contribution in [0.3, 0.4) is 0 Å². The highest BCUT2D eigenvalue weighted by Crippen LogP contribution is 2.45. The molecule has 10 heteroatoms. The zero-order chi connectivity index (χ0) is 30.6. The number of benzene rings is 2. The molecular formula is C32H36N2O7S. The first kappa shape index (κ1) is 30.8. The van der Waals surface area contributed by atoms with Crippen LogP contribution in [-0.2, 0) is 14.3 Å². The van der Waals surface area contributed by atoms with E-state index in [0.717, 1.165) is 23.3 Å². The molecule has 0 bridgehead atoms. The number of esters is 1. The molecule has 2 aromatic carbocycles. The van der Waals surface area contributed by atoms with E-state index in [2.05, 4.69) is 18.8 Å². The van der Waals surface area contributed by atoms with Gasteiger partial charge in [-0.3, -0.25) is 14.5 Å². The fourth-order valence-electron chi connectivity index (χ4n) is 4.57. The molecule has 1 fully saturated rings. The number of aryl methyl sites for hydroxylation is 2. The van der Waals surface area contributed by atoms with Crippen LogP contribution in [0.5, 0.6) is 11.5 Å². The minimum absolute atomic E-state index is 0.0923. The van der Waals surface area contributed by atoms with E-state index in [1.165, 1.54) is 4.90 Å². The summed E-state index contributed by atoms with van der Waals surface area (Å²) >= 11 is 0.959. The van der Waals surface area contributed by atoms with Gasteiger partial charge >= 0.3 is 11.9 Å². The Morgan fingerprint density at radius 2 is 1.74 bits per heavy atom. The third-order valence-electron chi connectivity index (χ3n) is 6.76. The number of thiazole rings is 1. The van der Waals surface area contributed by atoms with Gasteiger partial charge in [0.2, 0.25) is 0 Å². The summed E-state index contributed by atoms with van der Waals surface area (Å²) in [6, 6.07) is 11.2. The van der Waals surface area contributed by atoms with Gasteiger partial charge < -0.3 is 19.3 Å². The molecule has 1 aliphatic heterocycles. The van der Waals surface area contributed by atoms with Crippen LogP contribution < -0.4 is 14.4 Å². The predicted molar refractivity (Wildman–Crippen MR) is 161 cm³/mol. The molecular weight excluding hydrogens is 556 g/mol. The van der Waals surface area contributed by atoms with Gasteiger partial charge in [-0.05, 0) is 57.7 Å². The van der Waals surface area contributed by atoms with Crippen molar-refractivity contribution in [3.05, 3.63) is 75.3 Å². The molecule has 1 saturated heterocycles. The van der Waals surface area contributed by atoms with Crippen LogP contribution in [0.1, 0.15) is 72.2 Å². The van der Waals surface area contributed by atoms with E-state index in [-0.39, 0.29) is 27.9 Å². The van der Waals surface area contributed by atoms with Crippen molar-refractivity contribution in [1.29, 1.82) is 0 Å². The molecule has 1 aromatic heterocycles. The van der Waals surface area contributed by atoms with Gasteiger partial charge in [0, 0.05) is 5.56 Å². The van der Waals surface area contributed by atoms with E-state index in [4.69, 9.17) is 14.2 Å². The predicted octanol–water partition coefficient (Wildman–Crippen LogP) is 6.39. The van der Waals surface area contributed by atoms with Gasteiger partial charge in [0.25, 0.3) is 5.78 Å². The van der Waals surface area contributed by atoms with Crippen LogP contribution >= 0.6 is 11.3 Å². The molecule has 3 aromatic rings. The maximum absolute atomic E-state index is 13.6. The fraction of sp³-hybridized carbons (Fsp3) is 0.375. The second kappa shape index (κ2) is 13.2. The van der Waals surface area contributed by atoms with E-state index in [9.17, 15) is 19.5 Å². The molecule has 0 spiro atoms. The molecule has 1 amide bonds. The quantitative estimate of drug-likeness (QED) is 0.118. The number of carbonyl (C=O) groups is 3. The van der Waals surface area contributed by atoms with Gasteiger partial charge in [0.1, 0.15) is 10.6 Å². The number of aliphatic hydroxyl groups is 1. The standard InChI is InChI=1S/C32H36N2O7S/c1-7-39-24-17-22(13-14-23(24)41-16-15-18(3)4)26-25(27(35)21-11-9-19(5)10-12-21)28(36)30(37)34(26)32-33-20(6)29(42-32)31(38)40-8-2/h9-14,17-18,26,35H,7-8,15-16H2,1-6H3. The highest BCUT2D eigenvalue weighted by Gasteiger charge is 2.48. The summed E-state index contributed by atoms with van der Waals surface area (Å²) in [6.45, 7) is 12.4. The Morgan fingerprint density at radius 1 is 1.02 bits per heavy atom. The Kier molecular flexibility index (Phi) is 9.67. The average Bonchev–Trinajstić information content (AvgIpc) is 3.46. The van der Waals surface area contributed by atoms with Gasteiger partial charge in [-0.15, -0.1) is 0 Å². The number of rotatable bonds is 11. The van der Waals surface area contributed by atoms with Crippen LogP contribution in [0.15, 0.2) is 48.0 Å². The van der Waals surface area contributed by atoms with Crippen LogP contribution in [-0.4, -0.2) is 47.6 Å². The summed E-state index contributed by atoms with van der Waals surface area (Å²) < 4.78 is 17.1. The topological polar surface area (TPSA) is 115 Å². The molecule has 42 heavy (non-hydrogen) atoms. The lowest BCUT2D eigenvalue weighted by Crippen LogP contribution is -2.29. The van der Waals surface area contributed by atoms with Crippen molar-refractivity contribution in [1.82, 2.24) is 4.98 Å². The number of carbonyl (C=O) groups excluding carboxylic acids is 3. The zero-order valence-electron chi connectivity index (χ0n) is 24.7. The summed E-state index contributed by atoms with van der Waals surface area (Å²) in [5, 5.41) is 11.6. The lowest BCUT2D eigenvalue weighted by Gasteiger charge is -2.24. The van der Waals surface area contributed by atoms with Gasteiger partial charge in [0.05, 0.1) is 37.1 Å². The maximum Gasteiger partial charge on any atom is 0.350 e. The SMILES string of the molecule is CCOC(=O)c1sc(N2C(=O)C(=O)C(=C(O)c3ccc(C)cc3)C2c2ccc(OCCC(C)C)c(OCC)c2)nc1C. The van der Waals surface area contributed by atoms with Crippen molar-refractivity contribution >= 4 is 39.9 Å². The van der Waals surface area contributed by atoms with Crippen molar-refractivity contribution in [3.8, 4) is 11.5 Å². The van der Waals surface area contributed by atoms with E-state index in [1.54, 1.807) is 44.2 Å². The molecule has 4 rings (SSSR count). The van der Waals surface area contributed by atoms with Crippen LogP contribution in [0.25, 0.3) is 5.76 Å². The number of nitrogens with zero attached hydrogens (tertiary/aromatic N) is 2. The van der Waals surface area contributed by atoms with Crippen molar-refractivity contribution < 1.29 is 33.7 Å². The zero-order valence-corrected chi connectivity index (χ0v) is 25.5. The van der Waals surface area contributed by atoms with Crippen molar-refractivity contribution in [2.45, 2.75) is 54.0 Å². The lowest BCUT2D eigenvalue weighted by molar-refractivity contribution is -0.132. The Bertz CT molecular complexity index is 1510. The van der Waals surface area contributed by atoms with Crippen molar-refractivity contribution in [2.75, 3.05) is 24.7 Å². The van der Waals surface area contributed by atoms with Gasteiger partial charge in [-0.1, -0.05) is 61.1 Å².